The smallest absolute Gasteiger partial charge is 0.458 e. The summed E-state index contributed by atoms with van der Waals surface area (Å²) in [7, 11) is 0. The maximum Gasteiger partial charge on any atom is 0.458 e. The van der Waals surface area contributed by atoms with Gasteiger partial charge in [-0.1, -0.05) is 17.7 Å². The van der Waals surface area contributed by atoms with Crippen LogP contribution < -0.4 is 15.3 Å². The van der Waals surface area contributed by atoms with Gasteiger partial charge in [-0.25, -0.2) is 4.73 Å². The zero-order valence-corrected chi connectivity index (χ0v) is 7.60. The van der Waals surface area contributed by atoms with Gasteiger partial charge in [0.25, 0.3) is 0 Å². The molecule has 0 bridgehead atoms. The van der Waals surface area contributed by atoms with E-state index in [4.69, 9.17) is 17.3 Å². The third-order valence-electron chi connectivity index (χ3n) is 1.78. The van der Waals surface area contributed by atoms with Crippen molar-refractivity contribution in [3.63, 3.8) is 0 Å². The van der Waals surface area contributed by atoms with E-state index in [0.29, 0.717) is 4.73 Å². The highest BCUT2D eigenvalue weighted by Crippen LogP contribution is 2.16. The second kappa shape index (κ2) is 2.85. The first-order valence-corrected chi connectivity index (χ1v) is 4.06. The average molecular weight is 213 g/mol. The first-order valence-electron chi connectivity index (χ1n) is 3.68. The van der Waals surface area contributed by atoms with E-state index in [2.05, 4.69) is 5.10 Å². The summed E-state index contributed by atoms with van der Waals surface area (Å²) in [6, 6.07) is 4.49. The topological polar surface area (TPSA) is 92.8 Å². The van der Waals surface area contributed by atoms with Gasteiger partial charge >= 0.3 is 11.5 Å². The van der Waals surface area contributed by atoms with Gasteiger partial charge in [-0.05, 0) is 6.07 Å². The third kappa shape index (κ3) is 1.08. The number of hydrogen-bond donors (Lipinski definition) is 1. The fourth-order valence-electron chi connectivity index (χ4n) is 1.16. The average Bonchev–Trinajstić information content (AvgIpc) is 2.14. The Balaban J connectivity index is 3.03. The number of hydrogen-bond acceptors (Lipinski definition) is 4. The van der Waals surface area contributed by atoms with Crippen LogP contribution in [0.1, 0.15) is 0 Å². The predicted octanol–water partition coefficient (Wildman–Crippen LogP) is -0.263. The summed E-state index contributed by atoms with van der Waals surface area (Å²) in [6.45, 7) is 0. The Morgan fingerprint density at radius 1 is 1.36 bits per heavy atom. The fourth-order valence-corrected chi connectivity index (χ4v) is 1.41. The van der Waals surface area contributed by atoms with E-state index in [1.807, 2.05) is 0 Å². The van der Waals surface area contributed by atoms with Gasteiger partial charge in [0.1, 0.15) is 0 Å². The molecule has 0 fully saturated rings. The molecular formula is C7H5ClN4O2. The first-order chi connectivity index (χ1) is 6.61. The van der Waals surface area contributed by atoms with E-state index in [9.17, 15) is 10.4 Å². The number of halogens is 1. The summed E-state index contributed by atoms with van der Waals surface area (Å²) in [6.07, 6.45) is 0. The predicted molar refractivity (Wildman–Crippen MR) is 49.1 cm³/mol. The number of fused-ring (bicyclic) bond motifs is 1. The molecule has 6 nitrogen and oxygen atoms in total. The van der Waals surface area contributed by atoms with Crippen LogP contribution >= 0.6 is 11.6 Å². The molecule has 0 radical (unpaired) electrons. The summed E-state index contributed by atoms with van der Waals surface area (Å²) < 4.78 is 0.325. The number of para-hydroxylation sites is 1. The van der Waals surface area contributed by atoms with Gasteiger partial charge in [0.15, 0.2) is 5.52 Å². The maximum absolute atomic E-state index is 11.4. The summed E-state index contributed by atoms with van der Waals surface area (Å²) in [5.41, 5.74) is 5.33. The van der Waals surface area contributed by atoms with E-state index >= 15 is 0 Å². The molecule has 0 saturated heterocycles. The van der Waals surface area contributed by atoms with E-state index in [0.717, 1.165) is 0 Å². The van der Waals surface area contributed by atoms with Crippen LogP contribution in [0.2, 0.25) is 5.02 Å². The molecule has 7 heteroatoms. The maximum atomic E-state index is 11.4. The molecule has 0 amide bonds. The van der Waals surface area contributed by atoms with Gasteiger partial charge in [-0.2, -0.15) is 0 Å². The van der Waals surface area contributed by atoms with Crippen LogP contribution in [0, 0.1) is 10.4 Å². The molecule has 2 N–H and O–H groups in total. The SMILES string of the molecule is Nc1n[n+]([O-])c2cccc(Cl)c2[n+]1[O-]. The van der Waals surface area contributed by atoms with Crippen LogP contribution in [0.5, 0.6) is 0 Å². The van der Waals surface area contributed by atoms with Crippen LogP contribution in [0.25, 0.3) is 11.0 Å². The monoisotopic (exact) mass is 212 g/mol. The first kappa shape index (κ1) is 8.76. The molecular weight excluding hydrogens is 208 g/mol. The Morgan fingerprint density at radius 3 is 2.79 bits per heavy atom. The van der Waals surface area contributed by atoms with Crippen molar-refractivity contribution >= 4 is 28.6 Å². The molecule has 0 aliphatic carbocycles. The van der Waals surface area contributed by atoms with E-state index in [1.54, 1.807) is 6.07 Å². The van der Waals surface area contributed by atoms with Crippen LogP contribution in [0.4, 0.5) is 5.95 Å². The second-order valence-electron chi connectivity index (χ2n) is 2.63. The van der Waals surface area contributed by atoms with Crippen molar-refractivity contribution in [3.8, 4) is 0 Å². The molecule has 2 aromatic rings. The quantitative estimate of drug-likeness (QED) is 0.481. The molecule has 1 heterocycles. The minimum Gasteiger partial charge on any atom is -0.739 e. The van der Waals surface area contributed by atoms with Gasteiger partial charge < -0.3 is 10.4 Å². The Hall–Kier alpha value is -1.82. The van der Waals surface area contributed by atoms with Crippen molar-refractivity contribution in [2.75, 3.05) is 5.73 Å². The van der Waals surface area contributed by atoms with E-state index in [-0.39, 0.29) is 20.9 Å². The molecule has 1 aromatic heterocycles. The van der Waals surface area contributed by atoms with Gasteiger partial charge in [-0.15, -0.1) is 0 Å². The number of nitrogens with two attached hydrogens (primary N) is 1. The Kier molecular flexibility index (Phi) is 1.78. The lowest BCUT2D eigenvalue weighted by Crippen LogP contribution is -2.44. The van der Waals surface area contributed by atoms with Gasteiger partial charge in [0, 0.05) is 10.9 Å². The van der Waals surface area contributed by atoms with E-state index in [1.165, 1.54) is 12.1 Å². The summed E-state index contributed by atoms with van der Waals surface area (Å²) in [4.78, 5) is 0.269. The normalized spacial score (nSPS) is 10.6. The molecule has 0 unspecified atom stereocenters. The number of nitrogens with zero attached hydrogens (tertiary/aromatic N) is 3. The van der Waals surface area contributed by atoms with Gasteiger partial charge in [0.2, 0.25) is 5.10 Å². The van der Waals surface area contributed by atoms with Crippen LogP contribution in [0.3, 0.4) is 0 Å². The molecule has 0 aliphatic rings. The minimum atomic E-state index is -0.430. The van der Waals surface area contributed by atoms with Crippen LogP contribution in [-0.2, 0) is 0 Å². The van der Waals surface area contributed by atoms with Crippen molar-refractivity contribution in [1.29, 1.82) is 0 Å². The highest BCUT2D eigenvalue weighted by Gasteiger charge is 2.18. The van der Waals surface area contributed by atoms with Crippen molar-refractivity contribution in [3.05, 3.63) is 33.6 Å². The fraction of sp³-hybridized carbons (Fsp3) is 0. The Labute approximate surface area is 83.3 Å². The van der Waals surface area contributed by atoms with Crippen LogP contribution in [0.15, 0.2) is 18.2 Å². The van der Waals surface area contributed by atoms with E-state index < -0.39 is 5.95 Å². The zero-order valence-electron chi connectivity index (χ0n) is 6.85. The molecule has 0 atom stereocenters. The molecule has 1 aromatic carbocycles. The molecule has 14 heavy (non-hydrogen) atoms. The number of nitrogen functional groups attached to an aromatic ring is 1. The molecule has 72 valence electrons. The van der Waals surface area contributed by atoms with Gasteiger partial charge in [-0.3, -0.25) is 5.73 Å². The lowest BCUT2D eigenvalue weighted by Gasteiger charge is -2.07. The molecule has 0 aliphatic heterocycles. The highest BCUT2D eigenvalue weighted by atomic mass is 35.5. The molecule has 0 saturated carbocycles. The Morgan fingerprint density at radius 2 is 2.07 bits per heavy atom. The van der Waals surface area contributed by atoms with Gasteiger partial charge in [0.05, 0.1) is 5.02 Å². The Bertz CT molecular complexity index is 517. The molecule has 0 spiro atoms. The number of aromatic nitrogens is 3. The highest BCUT2D eigenvalue weighted by molar-refractivity contribution is 6.34. The second-order valence-corrected chi connectivity index (χ2v) is 3.04. The standard InChI is InChI=1S/C7H5ClN4O2/c8-4-2-1-3-5-6(4)11(13)7(9)10-12(5)14/h1-3H,(H2,9,10). The number of rotatable bonds is 0. The van der Waals surface area contributed by atoms with Crippen molar-refractivity contribution in [1.82, 2.24) is 5.10 Å². The number of benzene rings is 1. The largest absolute Gasteiger partial charge is 0.739 e. The zero-order chi connectivity index (χ0) is 10.3. The lowest BCUT2D eigenvalue weighted by atomic mass is 10.3. The third-order valence-corrected chi connectivity index (χ3v) is 2.08. The van der Waals surface area contributed by atoms with Crippen molar-refractivity contribution < 1.29 is 9.58 Å². The summed E-state index contributed by atoms with van der Waals surface area (Å²) in [5.74, 6) is -0.430. The lowest BCUT2D eigenvalue weighted by molar-refractivity contribution is -0.671. The van der Waals surface area contributed by atoms with Crippen molar-refractivity contribution in [2.45, 2.75) is 0 Å². The summed E-state index contributed by atoms with van der Waals surface area (Å²) >= 11 is 5.75. The van der Waals surface area contributed by atoms with Crippen molar-refractivity contribution in [2.24, 2.45) is 0 Å². The summed E-state index contributed by atoms with van der Waals surface area (Å²) in [5, 5.41) is 26.0. The number of anilines is 1. The molecule has 2 rings (SSSR count). The van der Waals surface area contributed by atoms with Crippen LogP contribution in [-0.4, -0.2) is 5.10 Å². The minimum absolute atomic E-state index is 0.0247.